The second kappa shape index (κ2) is 7.29. The molecule has 0 aliphatic rings. The van der Waals surface area contributed by atoms with Crippen LogP contribution in [0.4, 0.5) is 0 Å². The molecule has 2 N–H and O–H groups in total. The van der Waals surface area contributed by atoms with Crippen molar-refractivity contribution in [1.82, 2.24) is 9.55 Å². The van der Waals surface area contributed by atoms with Crippen molar-refractivity contribution >= 4 is 11.0 Å². The third kappa shape index (κ3) is 3.71. The van der Waals surface area contributed by atoms with Gasteiger partial charge in [-0.15, -0.1) is 0 Å². The Hall–Kier alpha value is -2.33. The molecule has 120 valence electrons. The minimum Gasteiger partial charge on any atom is -0.494 e. The van der Waals surface area contributed by atoms with E-state index in [2.05, 4.69) is 34.7 Å². The van der Waals surface area contributed by atoms with Crippen LogP contribution in [0.25, 0.3) is 11.0 Å². The van der Waals surface area contributed by atoms with Crippen LogP contribution in [0.2, 0.25) is 0 Å². The number of hydrogen-bond acceptors (Lipinski definition) is 3. The van der Waals surface area contributed by atoms with Crippen LogP contribution in [0.15, 0.2) is 48.5 Å². The SMILES string of the molecule is Cc1ccc(OCCCCn2c(CN)nc3ccccc32)cc1. The fourth-order valence-electron chi connectivity index (χ4n) is 2.73. The van der Waals surface area contributed by atoms with Crippen molar-refractivity contribution in [3.8, 4) is 5.75 Å². The predicted octanol–water partition coefficient (Wildman–Crippen LogP) is 3.66. The van der Waals surface area contributed by atoms with Gasteiger partial charge in [0.15, 0.2) is 0 Å². The van der Waals surface area contributed by atoms with E-state index in [-0.39, 0.29) is 0 Å². The summed E-state index contributed by atoms with van der Waals surface area (Å²) in [7, 11) is 0. The number of rotatable bonds is 7. The Balaban J connectivity index is 1.53. The standard InChI is InChI=1S/C19H23N3O/c1-15-8-10-16(11-9-15)23-13-5-4-12-22-18-7-3-2-6-17(18)21-19(22)14-20/h2-3,6-11H,4-5,12-14,20H2,1H3. The van der Waals surface area contributed by atoms with Crippen molar-refractivity contribution in [2.45, 2.75) is 32.9 Å². The molecule has 0 saturated carbocycles. The van der Waals surface area contributed by atoms with Gasteiger partial charge in [-0.05, 0) is 44.0 Å². The number of fused-ring (bicyclic) bond motifs is 1. The molecular formula is C19H23N3O. The Bertz CT molecular complexity index is 762. The van der Waals surface area contributed by atoms with Crippen LogP contribution in [0.1, 0.15) is 24.2 Å². The van der Waals surface area contributed by atoms with E-state index in [0.717, 1.165) is 48.6 Å². The summed E-state index contributed by atoms with van der Waals surface area (Å²) in [6.07, 6.45) is 2.05. The number of unbranched alkanes of at least 4 members (excludes halogenated alkanes) is 1. The van der Waals surface area contributed by atoms with Gasteiger partial charge in [0.05, 0.1) is 24.2 Å². The van der Waals surface area contributed by atoms with Crippen LogP contribution in [-0.4, -0.2) is 16.2 Å². The Morgan fingerprint density at radius 1 is 1.04 bits per heavy atom. The Labute approximate surface area is 136 Å². The second-order valence-corrected chi connectivity index (χ2v) is 5.74. The second-order valence-electron chi connectivity index (χ2n) is 5.74. The maximum absolute atomic E-state index is 5.83. The number of nitrogens with two attached hydrogens (primary N) is 1. The lowest BCUT2D eigenvalue weighted by Crippen LogP contribution is -2.09. The topological polar surface area (TPSA) is 53.1 Å². The monoisotopic (exact) mass is 309 g/mol. The average molecular weight is 309 g/mol. The first-order valence-corrected chi connectivity index (χ1v) is 8.11. The highest BCUT2D eigenvalue weighted by atomic mass is 16.5. The Morgan fingerprint density at radius 2 is 1.83 bits per heavy atom. The van der Waals surface area contributed by atoms with Crippen molar-refractivity contribution < 1.29 is 4.74 Å². The first kappa shape index (κ1) is 15.6. The number of aromatic nitrogens is 2. The minimum atomic E-state index is 0.467. The highest BCUT2D eigenvalue weighted by Gasteiger charge is 2.08. The van der Waals surface area contributed by atoms with Crippen molar-refractivity contribution in [2.24, 2.45) is 5.73 Å². The highest BCUT2D eigenvalue weighted by molar-refractivity contribution is 5.75. The van der Waals surface area contributed by atoms with E-state index in [4.69, 9.17) is 10.5 Å². The summed E-state index contributed by atoms with van der Waals surface area (Å²) in [4.78, 5) is 4.59. The molecule has 0 aliphatic carbocycles. The van der Waals surface area contributed by atoms with E-state index in [0.29, 0.717) is 6.54 Å². The first-order valence-electron chi connectivity index (χ1n) is 8.11. The lowest BCUT2D eigenvalue weighted by molar-refractivity contribution is 0.303. The molecule has 0 saturated heterocycles. The minimum absolute atomic E-state index is 0.467. The number of imidazole rings is 1. The molecule has 0 bridgehead atoms. The highest BCUT2D eigenvalue weighted by Crippen LogP contribution is 2.17. The maximum Gasteiger partial charge on any atom is 0.123 e. The third-order valence-electron chi connectivity index (χ3n) is 3.98. The fourth-order valence-corrected chi connectivity index (χ4v) is 2.73. The van der Waals surface area contributed by atoms with Gasteiger partial charge in [0.2, 0.25) is 0 Å². The van der Waals surface area contributed by atoms with Crippen LogP contribution in [0, 0.1) is 6.92 Å². The summed E-state index contributed by atoms with van der Waals surface area (Å²) >= 11 is 0. The summed E-state index contributed by atoms with van der Waals surface area (Å²) in [5.74, 6) is 1.89. The number of ether oxygens (including phenoxy) is 1. The number of benzene rings is 2. The van der Waals surface area contributed by atoms with E-state index in [9.17, 15) is 0 Å². The molecule has 3 aromatic rings. The van der Waals surface area contributed by atoms with Gasteiger partial charge in [-0.3, -0.25) is 0 Å². The van der Waals surface area contributed by atoms with E-state index in [1.807, 2.05) is 30.3 Å². The maximum atomic E-state index is 5.83. The summed E-state index contributed by atoms with van der Waals surface area (Å²) in [5, 5.41) is 0. The molecule has 23 heavy (non-hydrogen) atoms. The Morgan fingerprint density at radius 3 is 2.61 bits per heavy atom. The largest absolute Gasteiger partial charge is 0.494 e. The molecule has 0 amide bonds. The summed E-state index contributed by atoms with van der Waals surface area (Å²) in [5.41, 5.74) is 9.25. The number of aryl methyl sites for hydroxylation is 2. The van der Waals surface area contributed by atoms with Gasteiger partial charge in [-0.25, -0.2) is 4.98 Å². The summed E-state index contributed by atoms with van der Waals surface area (Å²) < 4.78 is 8.00. The molecule has 0 fully saturated rings. The van der Waals surface area contributed by atoms with E-state index >= 15 is 0 Å². The van der Waals surface area contributed by atoms with Crippen LogP contribution in [0.5, 0.6) is 5.75 Å². The number of hydrogen-bond donors (Lipinski definition) is 1. The lowest BCUT2D eigenvalue weighted by atomic mass is 10.2. The quantitative estimate of drug-likeness (QED) is 0.678. The van der Waals surface area contributed by atoms with Crippen LogP contribution < -0.4 is 10.5 Å². The number of para-hydroxylation sites is 2. The van der Waals surface area contributed by atoms with Gasteiger partial charge < -0.3 is 15.0 Å². The molecular weight excluding hydrogens is 286 g/mol. The molecule has 0 aliphatic heterocycles. The summed E-state index contributed by atoms with van der Waals surface area (Å²) in [6.45, 7) is 4.20. The number of nitrogens with zero attached hydrogens (tertiary/aromatic N) is 2. The molecule has 0 radical (unpaired) electrons. The molecule has 0 unspecified atom stereocenters. The molecule has 3 rings (SSSR count). The molecule has 0 atom stereocenters. The Kier molecular flexibility index (Phi) is 4.93. The van der Waals surface area contributed by atoms with Gasteiger partial charge in [-0.1, -0.05) is 29.8 Å². The zero-order chi connectivity index (χ0) is 16.1. The van der Waals surface area contributed by atoms with Crippen molar-refractivity contribution in [2.75, 3.05) is 6.61 Å². The van der Waals surface area contributed by atoms with Crippen molar-refractivity contribution in [3.63, 3.8) is 0 Å². The van der Waals surface area contributed by atoms with Crippen LogP contribution >= 0.6 is 0 Å². The molecule has 1 heterocycles. The van der Waals surface area contributed by atoms with Crippen molar-refractivity contribution in [3.05, 3.63) is 59.9 Å². The predicted molar refractivity (Wildman–Crippen MR) is 93.5 cm³/mol. The fraction of sp³-hybridized carbons (Fsp3) is 0.316. The van der Waals surface area contributed by atoms with Crippen LogP contribution in [0.3, 0.4) is 0 Å². The first-order chi connectivity index (χ1) is 11.3. The molecule has 4 heteroatoms. The summed E-state index contributed by atoms with van der Waals surface area (Å²) in [6, 6.07) is 16.4. The normalized spacial score (nSPS) is 11.0. The zero-order valence-electron chi connectivity index (χ0n) is 13.5. The van der Waals surface area contributed by atoms with Crippen molar-refractivity contribution in [1.29, 1.82) is 0 Å². The molecule has 1 aromatic heterocycles. The van der Waals surface area contributed by atoms with Crippen LogP contribution in [-0.2, 0) is 13.1 Å². The molecule has 0 spiro atoms. The average Bonchev–Trinajstić information content (AvgIpc) is 2.94. The molecule has 4 nitrogen and oxygen atoms in total. The van der Waals surface area contributed by atoms with E-state index in [1.54, 1.807) is 0 Å². The van der Waals surface area contributed by atoms with Gasteiger partial charge in [0.25, 0.3) is 0 Å². The van der Waals surface area contributed by atoms with Gasteiger partial charge >= 0.3 is 0 Å². The molecule has 2 aromatic carbocycles. The van der Waals surface area contributed by atoms with Gasteiger partial charge in [-0.2, -0.15) is 0 Å². The van der Waals surface area contributed by atoms with E-state index in [1.165, 1.54) is 5.56 Å². The lowest BCUT2D eigenvalue weighted by Gasteiger charge is -2.09. The smallest absolute Gasteiger partial charge is 0.123 e. The van der Waals surface area contributed by atoms with Gasteiger partial charge in [0.1, 0.15) is 11.6 Å². The van der Waals surface area contributed by atoms with E-state index < -0.39 is 0 Å². The third-order valence-corrected chi connectivity index (χ3v) is 3.98. The van der Waals surface area contributed by atoms with Gasteiger partial charge in [0, 0.05) is 6.54 Å². The zero-order valence-corrected chi connectivity index (χ0v) is 13.5.